The standard InChI is InChI=1S/C29H38Cl2FN9O2/c1-17-3-2-4-23(20-11-18(7-8-33-20)29-22(34-13-17)14-36-40(29)9-10-42)39-16-35-21(12-26(39)43)27-24(6-5-19(30)28(27)32)41-15-25(31)37-38-41/h5-6,12,15-18,20,22-23,29,33-34,36,42H,2-4,7-11,13-14H2,1H3/t17-,18?,20?,22?,23+,29?/m1/s1. The molecule has 3 aromatic rings. The summed E-state index contributed by atoms with van der Waals surface area (Å²) in [6.45, 7) is 5.53. The number of benzene rings is 1. The van der Waals surface area contributed by atoms with Crippen LogP contribution < -0.4 is 21.6 Å². The van der Waals surface area contributed by atoms with Crippen molar-refractivity contribution in [2.75, 3.05) is 32.8 Å². The van der Waals surface area contributed by atoms with Crippen molar-refractivity contribution in [1.29, 1.82) is 0 Å². The Morgan fingerprint density at radius 3 is 2.77 bits per heavy atom. The molecule has 5 heterocycles. The molecule has 0 radical (unpaired) electrons. The zero-order valence-electron chi connectivity index (χ0n) is 24.1. The molecular formula is C29H38Cl2FN9O2. The van der Waals surface area contributed by atoms with Crippen LogP contribution in [0.1, 0.15) is 45.1 Å². The van der Waals surface area contributed by atoms with Crippen molar-refractivity contribution in [2.24, 2.45) is 11.8 Å². The van der Waals surface area contributed by atoms with Crippen molar-refractivity contribution in [1.82, 2.24) is 45.6 Å². The lowest BCUT2D eigenvalue weighted by atomic mass is 9.79. The Labute approximate surface area is 259 Å². The Hall–Kier alpha value is -2.45. The highest BCUT2D eigenvalue weighted by Gasteiger charge is 2.42. The van der Waals surface area contributed by atoms with E-state index in [-0.39, 0.29) is 51.7 Å². The summed E-state index contributed by atoms with van der Waals surface area (Å²) in [5.74, 6) is 0.156. The van der Waals surface area contributed by atoms with E-state index in [9.17, 15) is 9.90 Å². The lowest BCUT2D eigenvalue weighted by molar-refractivity contribution is 0.0718. The predicted molar refractivity (Wildman–Crippen MR) is 163 cm³/mol. The largest absolute Gasteiger partial charge is 0.395 e. The average molecular weight is 635 g/mol. The fraction of sp³-hybridized carbons (Fsp3) is 0.586. The van der Waals surface area contributed by atoms with Crippen LogP contribution in [0.25, 0.3) is 16.9 Å². The third-order valence-corrected chi connectivity index (χ3v) is 9.68. The molecule has 3 aliphatic heterocycles. The average Bonchev–Trinajstić information content (AvgIpc) is 3.61. The van der Waals surface area contributed by atoms with Gasteiger partial charge in [-0.2, -0.15) is 0 Å². The first kappa shape index (κ1) is 30.6. The van der Waals surface area contributed by atoms with E-state index < -0.39 is 5.82 Å². The molecule has 4 N–H and O–H groups in total. The molecule has 3 saturated heterocycles. The van der Waals surface area contributed by atoms with Crippen molar-refractivity contribution in [3.63, 3.8) is 0 Å². The smallest absolute Gasteiger partial charge is 0.254 e. The molecule has 14 heteroatoms. The Kier molecular flexibility index (Phi) is 9.43. The second-order valence-electron chi connectivity index (χ2n) is 12.0. The summed E-state index contributed by atoms with van der Waals surface area (Å²) in [4.78, 5) is 18.4. The van der Waals surface area contributed by atoms with E-state index in [1.807, 2.05) is 0 Å². The minimum Gasteiger partial charge on any atom is -0.395 e. The summed E-state index contributed by atoms with van der Waals surface area (Å²) in [5.41, 5.74) is 3.79. The first-order valence-corrected chi connectivity index (χ1v) is 15.8. The van der Waals surface area contributed by atoms with Gasteiger partial charge in [0.05, 0.1) is 47.1 Å². The molecular weight excluding hydrogens is 596 g/mol. The van der Waals surface area contributed by atoms with Crippen LogP contribution in [-0.2, 0) is 0 Å². The number of nitrogens with zero attached hydrogens (tertiary/aromatic N) is 6. The molecule has 0 amide bonds. The number of piperidine rings is 1. The maximum atomic E-state index is 15.5. The molecule has 6 atom stereocenters. The number of hydrazine groups is 1. The van der Waals surface area contributed by atoms with Crippen LogP contribution in [0.15, 0.2) is 35.5 Å². The van der Waals surface area contributed by atoms with Gasteiger partial charge in [0, 0.05) is 37.3 Å². The summed E-state index contributed by atoms with van der Waals surface area (Å²) < 4.78 is 18.5. The third-order valence-electron chi connectivity index (χ3n) is 9.21. The van der Waals surface area contributed by atoms with Gasteiger partial charge in [-0.15, -0.1) is 5.10 Å². The number of nitrogens with one attached hydrogen (secondary N) is 3. The molecule has 1 aromatic carbocycles. The molecule has 0 spiro atoms. The van der Waals surface area contributed by atoms with E-state index in [1.54, 1.807) is 17.0 Å². The van der Waals surface area contributed by atoms with Gasteiger partial charge in [0.2, 0.25) is 0 Å². The molecule has 232 valence electrons. The molecule has 2 aromatic heterocycles. The number of hydrogen-bond acceptors (Lipinski definition) is 9. The van der Waals surface area contributed by atoms with Gasteiger partial charge in [0.1, 0.15) is 0 Å². The van der Waals surface area contributed by atoms with Crippen LogP contribution in [0.3, 0.4) is 0 Å². The minimum absolute atomic E-state index is 0.0536. The SMILES string of the molecule is C[C@@H]1CCC[C@H](n2cnc(-c3c(-n4cc(Cl)nn4)ccc(Cl)c3F)cc2=O)C2CC(CCN2)C2C(CNN2CCO)NC1. The highest BCUT2D eigenvalue weighted by atomic mass is 35.5. The molecule has 2 bridgehead atoms. The van der Waals surface area contributed by atoms with Crippen molar-refractivity contribution in [2.45, 2.75) is 63.2 Å². The fourth-order valence-corrected chi connectivity index (χ4v) is 7.44. The molecule has 0 saturated carbocycles. The fourth-order valence-electron chi connectivity index (χ4n) is 7.15. The normalized spacial score (nSPS) is 28.7. The quantitative estimate of drug-likeness (QED) is 0.336. The van der Waals surface area contributed by atoms with Crippen LogP contribution in [0.4, 0.5) is 4.39 Å². The number of aliphatic hydroxyl groups excluding tert-OH is 1. The van der Waals surface area contributed by atoms with Gasteiger partial charge < -0.3 is 15.7 Å². The van der Waals surface area contributed by atoms with Crippen molar-refractivity contribution in [3.05, 3.63) is 57.1 Å². The molecule has 43 heavy (non-hydrogen) atoms. The van der Waals surface area contributed by atoms with Crippen molar-refractivity contribution >= 4 is 23.2 Å². The van der Waals surface area contributed by atoms with E-state index in [2.05, 4.69) is 43.3 Å². The number of halogens is 3. The molecule has 3 fully saturated rings. The summed E-state index contributed by atoms with van der Waals surface area (Å²) in [7, 11) is 0. The maximum absolute atomic E-state index is 15.5. The molecule has 4 unspecified atom stereocenters. The third kappa shape index (κ3) is 6.37. The predicted octanol–water partition coefficient (Wildman–Crippen LogP) is 2.81. The Morgan fingerprint density at radius 1 is 1.14 bits per heavy atom. The van der Waals surface area contributed by atoms with Crippen LogP contribution in [0.5, 0.6) is 0 Å². The van der Waals surface area contributed by atoms with Gasteiger partial charge in [-0.05, 0) is 62.7 Å². The van der Waals surface area contributed by atoms with Gasteiger partial charge in [-0.25, -0.2) is 19.1 Å². The zero-order valence-corrected chi connectivity index (χ0v) is 25.6. The lowest BCUT2D eigenvalue weighted by Crippen LogP contribution is -2.55. The first-order valence-electron chi connectivity index (χ1n) is 15.1. The summed E-state index contributed by atoms with van der Waals surface area (Å²) in [6.07, 6.45) is 7.71. The van der Waals surface area contributed by atoms with Crippen LogP contribution in [0.2, 0.25) is 10.2 Å². The van der Waals surface area contributed by atoms with Crippen LogP contribution in [-0.4, -0.2) is 85.6 Å². The Bertz CT molecular complexity index is 1490. The monoisotopic (exact) mass is 633 g/mol. The van der Waals surface area contributed by atoms with E-state index in [4.69, 9.17) is 23.2 Å². The van der Waals surface area contributed by atoms with Gasteiger partial charge in [0.25, 0.3) is 5.56 Å². The summed E-state index contributed by atoms with van der Waals surface area (Å²) in [5, 5.41) is 27.3. The minimum atomic E-state index is -0.701. The number of aliphatic hydroxyl groups is 1. The number of rotatable bonds is 5. The van der Waals surface area contributed by atoms with Crippen molar-refractivity contribution < 1.29 is 9.50 Å². The molecule has 11 nitrogen and oxygen atoms in total. The topological polar surface area (TPSA) is 125 Å². The van der Waals surface area contributed by atoms with Gasteiger partial charge in [0.15, 0.2) is 11.0 Å². The van der Waals surface area contributed by atoms with E-state index >= 15 is 4.39 Å². The maximum Gasteiger partial charge on any atom is 0.254 e. The number of fused-ring (bicyclic) bond motifs is 4. The van der Waals surface area contributed by atoms with E-state index in [0.29, 0.717) is 30.1 Å². The summed E-state index contributed by atoms with van der Waals surface area (Å²) >= 11 is 12.1. The Morgan fingerprint density at radius 2 is 2.00 bits per heavy atom. The number of hydrogen-bond donors (Lipinski definition) is 4. The van der Waals surface area contributed by atoms with Gasteiger partial charge >= 0.3 is 0 Å². The molecule has 3 aliphatic rings. The van der Waals surface area contributed by atoms with Gasteiger partial charge in [-0.1, -0.05) is 41.8 Å². The highest BCUT2D eigenvalue weighted by molar-refractivity contribution is 6.31. The lowest BCUT2D eigenvalue weighted by Gasteiger charge is -2.42. The first-order chi connectivity index (χ1) is 20.8. The number of β-amino-alcohol motifs (C(OH)–C–C–N with tert-alkyl or cyclic N) is 1. The second kappa shape index (κ2) is 13.3. The summed E-state index contributed by atoms with van der Waals surface area (Å²) in [6, 6.07) is 4.88. The van der Waals surface area contributed by atoms with Crippen LogP contribution in [0, 0.1) is 17.7 Å². The van der Waals surface area contributed by atoms with E-state index in [0.717, 1.165) is 51.7 Å². The molecule has 6 rings (SSSR count). The van der Waals surface area contributed by atoms with Gasteiger partial charge in [-0.3, -0.25) is 14.8 Å². The molecule has 0 aliphatic carbocycles. The Balaban J connectivity index is 1.34. The number of aromatic nitrogens is 5. The van der Waals surface area contributed by atoms with E-state index in [1.165, 1.54) is 23.0 Å². The zero-order chi connectivity index (χ0) is 30.1. The van der Waals surface area contributed by atoms with Crippen molar-refractivity contribution in [3.8, 4) is 16.9 Å². The van der Waals surface area contributed by atoms with Crippen LogP contribution >= 0.6 is 23.2 Å². The second-order valence-corrected chi connectivity index (χ2v) is 12.8. The highest BCUT2D eigenvalue weighted by Crippen LogP contribution is 2.35.